The van der Waals surface area contributed by atoms with Crippen LogP contribution in [0.5, 0.6) is 0 Å². The van der Waals surface area contributed by atoms with Gasteiger partial charge in [-0.25, -0.2) is 14.4 Å². The molecule has 0 aliphatic carbocycles. The van der Waals surface area contributed by atoms with E-state index in [1.165, 1.54) is 35.2 Å². The van der Waals surface area contributed by atoms with Crippen LogP contribution < -0.4 is 5.56 Å². The van der Waals surface area contributed by atoms with Crippen LogP contribution >= 0.6 is 23.1 Å². The summed E-state index contributed by atoms with van der Waals surface area (Å²) >= 11 is 2.86. The first-order chi connectivity index (χ1) is 12.5. The van der Waals surface area contributed by atoms with Crippen LogP contribution in [-0.4, -0.2) is 15.0 Å². The van der Waals surface area contributed by atoms with Crippen molar-refractivity contribution in [2.75, 3.05) is 0 Å². The first-order valence-electron chi connectivity index (χ1n) is 7.85. The Labute approximate surface area is 156 Å². The van der Waals surface area contributed by atoms with Crippen molar-refractivity contribution in [1.82, 2.24) is 15.0 Å². The van der Waals surface area contributed by atoms with Crippen molar-refractivity contribution in [3.05, 3.63) is 62.9 Å². The van der Waals surface area contributed by atoms with Gasteiger partial charge in [0.2, 0.25) is 0 Å². The lowest BCUT2D eigenvalue weighted by molar-refractivity contribution is 0.466. The minimum Gasteiger partial charge on any atom is -0.431 e. The number of thioether (sulfide) groups is 1. The first kappa shape index (κ1) is 17.0. The number of aryl methyl sites for hydroxylation is 2. The Hall–Kier alpha value is -2.45. The van der Waals surface area contributed by atoms with Crippen LogP contribution in [-0.2, 0) is 5.75 Å². The molecule has 5 nitrogen and oxygen atoms in total. The molecule has 4 rings (SSSR count). The van der Waals surface area contributed by atoms with Crippen molar-refractivity contribution in [2.45, 2.75) is 24.8 Å². The van der Waals surface area contributed by atoms with Gasteiger partial charge in [-0.3, -0.25) is 4.79 Å². The average Bonchev–Trinajstić information content (AvgIpc) is 3.19. The number of fused-ring (bicyclic) bond motifs is 1. The summed E-state index contributed by atoms with van der Waals surface area (Å²) in [6.45, 7) is 3.92. The quantitative estimate of drug-likeness (QED) is 0.515. The molecule has 0 saturated carbocycles. The van der Waals surface area contributed by atoms with Gasteiger partial charge in [-0.05, 0) is 43.7 Å². The normalized spacial score (nSPS) is 11.3. The van der Waals surface area contributed by atoms with E-state index in [2.05, 4.69) is 15.0 Å². The van der Waals surface area contributed by atoms with Gasteiger partial charge in [-0.1, -0.05) is 11.8 Å². The summed E-state index contributed by atoms with van der Waals surface area (Å²) in [5.41, 5.74) is 1.62. The van der Waals surface area contributed by atoms with Gasteiger partial charge in [0.25, 0.3) is 10.8 Å². The van der Waals surface area contributed by atoms with Gasteiger partial charge in [0.1, 0.15) is 16.5 Å². The molecule has 1 N–H and O–H groups in total. The molecular weight excluding hydrogens is 373 g/mol. The summed E-state index contributed by atoms with van der Waals surface area (Å²) in [5, 5.41) is 1.13. The van der Waals surface area contributed by atoms with Crippen LogP contribution in [0.2, 0.25) is 0 Å². The average molecular weight is 387 g/mol. The van der Waals surface area contributed by atoms with Gasteiger partial charge >= 0.3 is 0 Å². The van der Waals surface area contributed by atoms with E-state index in [-0.39, 0.29) is 11.4 Å². The molecule has 0 spiro atoms. The third-order valence-corrected chi connectivity index (χ3v) is 5.99. The van der Waals surface area contributed by atoms with E-state index in [0.29, 0.717) is 27.9 Å². The minimum atomic E-state index is -0.299. The maximum atomic E-state index is 13.0. The molecule has 3 heterocycles. The summed E-state index contributed by atoms with van der Waals surface area (Å²) in [7, 11) is 0. The van der Waals surface area contributed by atoms with E-state index in [9.17, 15) is 9.18 Å². The fraction of sp³-hybridized carbons (Fsp3) is 0.167. The standard InChI is InChI=1S/C18H14FN3O2S2/c1-9-10(2)26-17-15(9)16(23)21-14(22-17)8-25-18-20-7-13(24-18)11-3-5-12(19)6-4-11/h3-7H,8H2,1-2H3,(H,21,22,23). The van der Waals surface area contributed by atoms with Crippen LogP contribution in [0.15, 0.2) is 44.9 Å². The predicted molar refractivity (Wildman–Crippen MR) is 101 cm³/mol. The van der Waals surface area contributed by atoms with Crippen molar-refractivity contribution in [3.8, 4) is 11.3 Å². The Balaban J connectivity index is 1.53. The number of aromatic nitrogens is 3. The molecule has 0 bridgehead atoms. The maximum Gasteiger partial charge on any atom is 0.259 e. The van der Waals surface area contributed by atoms with Crippen LogP contribution in [0, 0.1) is 19.7 Å². The molecule has 0 aliphatic heterocycles. The highest BCUT2D eigenvalue weighted by molar-refractivity contribution is 7.98. The van der Waals surface area contributed by atoms with Gasteiger partial charge in [-0.15, -0.1) is 11.3 Å². The Morgan fingerprint density at radius 1 is 1.27 bits per heavy atom. The molecule has 8 heteroatoms. The second-order valence-electron chi connectivity index (χ2n) is 5.76. The molecule has 3 aromatic heterocycles. The number of aromatic amines is 1. The van der Waals surface area contributed by atoms with Crippen LogP contribution in [0.4, 0.5) is 4.39 Å². The van der Waals surface area contributed by atoms with Crippen LogP contribution in [0.3, 0.4) is 0 Å². The minimum absolute atomic E-state index is 0.119. The maximum absolute atomic E-state index is 13.0. The predicted octanol–water partition coefficient (Wildman–Crippen LogP) is 4.69. The monoisotopic (exact) mass is 387 g/mol. The Bertz CT molecular complexity index is 1150. The lowest BCUT2D eigenvalue weighted by Crippen LogP contribution is -2.10. The van der Waals surface area contributed by atoms with Crippen molar-refractivity contribution in [3.63, 3.8) is 0 Å². The van der Waals surface area contributed by atoms with Gasteiger partial charge in [0.05, 0.1) is 17.3 Å². The number of halogens is 1. The highest BCUT2D eigenvalue weighted by Gasteiger charge is 2.13. The number of rotatable bonds is 4. The topological polar surface area (TPSA) is 71.8 Å². The summed E-state index contributed by atoms with van der Waals surface area (Å²) in [4.78, 5) is 25.7. The van der Waals surface area contributed by atoms with Gasteiger partial charge in [0.15, 0.2) is 5.76 Å². The molecule has 0 fully saturated rings. The molecule has 0 aliphatic rings. The fourth-order valence-electron chi connectivity index (χ4n) is 2.57. The molecular formula is C18H14FN3O2S2. The molecule has 26 heavy (non-hydrogen) atoms. The molecule has 0 saturated heterocycles. The molecule has 1 aromatic carbocycles. The summed E-state index contributed by atoms with van der Waals surface area (Å²) in [6.07, 6.45) is 1.60. The lowest BCUT2D eigenvalue weighted by atomic mass is 10.2. The van der Waals surface area contributed by atoms with E-state index in [1.54, 1.807) is 18.3 Å². The zero-order chi connectivity index (χ0) is 18.3. The molecule has 4 aromatic rings. The van der Waals surface area contributed by atoms with E-state index >= 15 is 0 Å². The second-order valence-corrected chi connectivity index (χ2v) is 7.89. The number of hydrogen-bond acceptors (Lipinski definition) is 6. The van der Waals surface area contributed by atoms with Crippen molar-refractivity contribution < 1.29 is 8.81 Å². The number of oxazole rings is 1. The van der Waals surface area contributed by atoms with Crippen molar-refractivity contribution in [1.29, 1.82) is 0 Å². The lowest BCUT2D eigenvalue weighted by Gasteiger charge is -1.99. The van der Waals surface area contributed by atoms with Gasteiger partial charge in [-0.2, -0.15) is 0 Å². The summed E-state index contributed by atoms with van der Waals surface area (Å²) in [6, 6.07) is 6.02. The number of hydrogen-bond donors (Lipinski definition) is 1. The van der Waals surface area contributed by atoms with E-state index in [4.69, 9.17) is 4.42 Å². The zero-order valence-electron chi connectivity index (χ0n) is 14.0. The molecule has 132 valence electrons. The fourth-order valence-corrected chi connectivity index (χ4v) is 4.29. The third-order valence-electron chi connectivity index (χ3n) is 4.03. The summed E-state index contributed by atoms with van der Waals surface area (Å²) in [5.74, 6) is 1.28. The second kappa shape index (κ2) is 6.69. The number of nitrogens with zero attached hydrogens (tertiary/aromatic N) is 2. The number of nitrogens with one attached hydrogen (secondary N) is 1. The molecule has 0 amide bonds. The Kier molecular flexibility index (Phi) is 4.37. The van der Waals surface area contributed by atoms with Crippen LogP contribution in [0.25, 0.3) is 21.5 Å². The van der Waals surface area contributed by atoms with Gasteiger partial charge in [0, 0.05) is 10.4 Å². The van der Waals surface area contributed by atoms with Gasteiger partial charge < -0.3 is 9.40 Å². The number of thiophene rings is 1. The van der Waals surface area contributed by atoms with Crippen molar-refractivity contribution in [2.24, 2.45) is 0 Å². The van der Waals surface area contributed by atoms with Crippen molar-refractivity contribution >= 4 is 33.3 Å². The van der Waals surface area contributed by atoms with Crippen LogP contribution in [0.1, 0.15) is 16.3 Å². The Morgan fingerprint density at radius 2 is 2.04 bits per heavy atom. The van der Waals surface area contributed by atoms with E-state index in [1.807, 2.05) is 13.8 Å². The van der Waals surface area contributed by atoms with E-state index in [0.717, 1.165) is 20.8 Å². The molecule has 0 atom stereocenters. The SMILES string of the molecule is Cc1sc2nc(CSc3ncc(-c4ccc(F)cc4)o3)[nH]c(=O)c2c1C. The Morgan fingerprint density at radius 3 is 2.81 bits per heavy atom. The number of benzene rings is 1. The number of H-pyrrole nitrogens is 1. The smallest absolute Gasteiger partial charge is 0.259 e. The molecule has 0 radical (unpaired) electrons. The zero-order valence-corrected chi connectivity index (χ0v) is 15.6. The highest BCUT2D eigenvalue weighted by Crippen LogP contribution is 2.29. The third kappa shape index (κ3) is 3.17. The molecule has 0 unspecified atom stereocenters. The first-order valence-corrected chi connectivity index (χ1v) is 9.65. The van der Waals surface area contributed by atoms with E-state index < -0.39 is 0 Å². The summed E-state index contributed by atoms with van der Waals surface area (Å²) < 4.78 is 18.7. The largest absolute Gasteiger partial charge is 0.431 e. The highest BCUT2D eigenvalue weighted by atomic mass is 32.2.